The Bertz CT molecular complexity index is 732. The molecular weight excluding hydrogens is 344 g/mol. The largest absolute Gasteiger partial charge is 0.497 e. The molecule has 1 N–H and O–H groups in total. The van der Waals surface area contributed by atoms with Gasteiger partial charge in [0.1, 0.15) is 11.8 Å². The zero-order valence-electron chi connectivity index (χ0n) is 16.0. The van der Waals surface area contributed by atoms with E-state index in [1.807, 2.05) is 54.6 Å². The van der Waals surface area contributed by atoms with Gasteiger partial charge in [0.05, 0.1) is 13.7 Å². The van der Waals surface area contributed by atoms with Crippen molar-refractivity contribution in [2.24, 2.45) is 0 Å². The van der Waals surface area contributed by atoms with Gasteiger partial charge in [0.2, 0.25) is 11.8 Å². The summed E-state index contributed by atoms with van der Waals surface area (Å²) in [6, 6.07) is 16.0. The molecule has 0 spiro atoms. The molecule has 1 atom stereocenters. The number of ether oxygens (including phenoxy) is 2. The van der Waals surface area contributed by atoms with Gasteiger partial charge in [0.25, 0.3) is 0 Å². The van der Waals surface area contributed by atoms with Crippen LogP contribution < -0.4 is 10.1 Å². The maximum absolute atomic E-state index is 12.9. The molecule has 2 rings (SSSR count). The lowest BCUT2D eigenvalue weighted by molar-refractivity contribution is -0.140. The SMILES string of the molecule is COCCNC(=O)[C@@H](c1ccccc1)N(Cc1ccc(OC)cc1)C(C)=O. The summed E-state index contributed by atoms with van der Waals surface area (Å²) in [5.74, 6) is 0.327. The summed E-state index contributed by atoms with van der Waals surface area (Å²) in [7, 11) is 3.18. The minimum atomic E-state index is -0.720. The number of benzene rings is 2. The fourth-order valence-electron chi connectivity index (χ4n) is 2.79. The predicted molar refractivity (Wildman–Crippen MR) is 103 cm³/mol. The van der Waals surface area contributed by atoms with Crippen molar-refractivity contribution in [1.82, 2.24) is 10.2 Å². The molecule has 0 radical (unpaired) electrons. The van der Waals surface area contributed by atoms with Crippen LogP contribution in [0.1, 0.15) is 24.1 Å². The van der Waals surface area contributed by atoms with Gasteiger partial charge >= 0.3 is 0 Å². The fourth-order valence-corrected chi connectivity index (χ4v) is 2.79. The van der Waals surface area contributed by atoms with Gasteiger partial charge in [-0.2, -0.15) is 0 Å². The van der Waals surface area contributed by atoms with Crippen molar-refractivity contribution < 1.29 is 19.1 Å². The molecule has 0 saturated carbocycles. The van der Waals surface area contributed by atoms with Crippen molar-refractivity contribution >= 4 is 11.8 Å². The first-order valence-electron chi connectivity index (χ1n) is 8.78. The van der Waals surface area contributed by atoms with Crippen LogP contribution in [0.25, 0.3) is 0 Å². The van der Waals surface area contributed by atoms with Crippen LogP contribution in [0.5, 0.6) is 5.75 Å². The third-order valence-electron chi connectivity index (χ3n) is 4.20. The van der Waals surface area contributed by atoms with Gasteiger partial charge in [-0.15, -0.1) is 0 Å². The highest BCUT2D eigenvalue weighted by Gasteiger charge is 2.29. The lowest BCUT2D eigenvalue weighted by Gasteiger charge is -2.30. The van der Waals surface area contributed by atoms with Crippen LogP contribution in [-0.2, 0) is 20.9 Å². The summed E-state index contributed by atoms with van der Waals surface area (Å²) in [6.45, 7) is 2.58. The van der Waals surface area contributed by atoms with Crippen LogP contribution in [0.4, 0.5) is 0 Å². The molecule has 0 unspecified atom stereocenters. The molecule has 2 aromatic rings. The van der Waals surface area contributed by atoms with E-state index in [2.05, 4.69) is 5.32 Å². The number of methoxy groups -OCH3 is 2. The lowest BCUT2D eigenvalue weighted by atomic mass is 10.0. The smallest absolute Gasteiger partial charge is 0.247 e. The van der Waals surface area contributed by atoms with Crippen molar-refractivity contribution in [1.29, 1.82) is 0 Å². The molecular formula is C21H26N2O4. The van der Waals surface area contributed by atoms with E-state index in [0.29, 0.717) is 19.7 Å². The number of rotatable bonds is 9. The summed E-state index contributed by atoms with van der Waals surface area (Å²) in [4.78, 5) is 26.9. The Labute approximate surface area is 160 Å². The Morgan fingerprint density at radius 3 is 2.26 bits per heavy atom. The zero-order chi connectivity index (χ0) is 19.6. The number of amides is 2. The quantitative estimate of drug-likeness (QED) is 0.689. The third-order valence-corrected chi connectivity index (χ3v) is 4.20. The number of nitrogens with one attached hydrogen (secondary N) is 1. The van der Waals surface area contributed by atoms with E-state index in [-0.39, 0.29) is 11.8 Å². The lowest BCUT2D eigenvalue weighted by Crippen LogP contribution is -2.43. The summed E-state index contributed by atoms with van der Waals surface area (Å²) < 4.78 is 10.2. The second-order valence-electron chi connectivity index (χ2n) is 6.09. The Balaban J connectivity index is 2.29. The van der Waals surface area contributed by atoms with Crippen LogP contribution in [0.3, 0.4) is 0 Å². The predicted octanol–water partition coefficient (Wildman–Crippen LogP) is 2.55. The molecule has 2 amide bonds. The summed E-state index contributed by atoms with van der Waals surface area (Å²) in [6.07, 6.45) is 0. The van der Waals surface area contributed by atoms with Crippen LogP contribution in [0.15, 0.2) is 54.6 Å². The van der Waals surface area contributed by atoms with Crippen LogP contribution in [-0.4, -0.2) is 44.1 Å². The molecule has 2 aromatic carbocycles. The normalized spacial score (nSPS) is 11.5. The van der Waals surface area contributed by atoms with E-state index >= 15 is 0 Å². The van der Waals surface area contributed by atoms with E-state index in [9.17, 15) is 9.59 Å². The highest BCUT2D eigenvalue weighted by molar-refractivity contribution is 5.88. The number of hydrogen-bond donors (Lipinski definition) is 1. The van der Waals surface area contributed by atoms with Crippen molar-refractivity contribution in [2.75, 3.05) is 27.4 Å². The van der Waals surface area contributed by atoms with Crippen molar-refractivity contribution in [3.05, 3.63) is 65.7 Å². The minimum absolute atomic E-state index is 0.179. The first-order chi connectivity index (χ1) is 13.1. The van der Waals surface area contributed by atoms with Crippen LogP contribution in [0.2, 0.25) is 0 Å². The monoisotopic (exact) mass is 370 g/mol. The molecule has 0 heterocycles. The van der Waals surface area contributed by atoms with Crippen molar-refractivity contribution in [3.63, 3.8) is 0 Å². The highest BCUT2D eigenvalue weighted by Crippen LogP contribution is 2.24. The average molecular weight is 370 g/mol. The molecule has 0 aliphatic heterocycles. The number of carbonyl (C=O) groups excluding carboxylic acids is 2. The van der Waals surface area contributed by atoms with Gasteiger partial charge in [-0.05, 0) is 23.3 Å². The van der Waals surface area contributed by atoms with Crippen LogP contribution in [0, 0.1) is 0 Å². The topological polar surface area (TPSA) is 67.9 Å². The molecule has 0 aliphatic rings. The van der Waals surface area contributed by atoms with Gasteiger partial charge in [0, 0.05) is 27.1 Å². The van der Waals surface area contributed by atoms with E-state index in [0.717, 1.165) is 16.9 Å². The van der Waals surface area contributed by atoms with Crippen LogP contribution >= 0.6 is 0 Å². The Kier molecular flexibility index (Phi) is 7.82. The van der Waals surface area contributed by atoms with Gasteiger partial charge in [-0.25, -0.2) is 0 Å². The fraction of sp³-hybridized carbons (Fsp3) is 0.333. The van der Waals surface area contributed by atoms with Gasteiger partial charge in [-0.1, -0.05) is 42.5 Å². The third kappa shape index (κ3) is 5.82. The van der Waals surface area contributed by atoms with Gasteiger partial charge in [0.15, 0.2) is 0 Å². The summed E-state index contributed by atoms with van der Waals surface area (Å²) in [5, 5.41) is 2.84. The Morgan fingerprint density at radius 1 is 1.04 bits per heavy atom. The van der Waals surface area contributed by atoms with Gasteiger partial charge < -0.3 is 19.7 Å². The molecule has 0 fully saturated rings. The summed E-state index contributed by atoms with van der Waals surface area (Å²) in [5.41, 5.74) is 1.67. The standard InChI is InChI=1S/C21H26N2O4/c1-16(24)23(15-17-9-11-19(27-3)12-10-17)20(18-7-5-4-6-8-18)21(25)22-13-14-26-2/h4-12,20H,13-15H2,1-3H3,(H,22,25)/t20-/m1/s1. The molecule has 0 saturated heterocycles. The number of carbonyl (C=O) groups is 2. The summed E-state index contributed by atoms with van der Waals surface area (Å²) >= 11 is 0. The second-order valence-corrected chi connectivity index (χ2v) is 6.09. The number of nitrogens with zero attached hydrogens (tertiary/aromatic N) is 1. The average Bonchev–Trinajstić information content (AvgIpc) is 2.69. The molecule has 6 heteroatoms. The van der Waals surface area contributed by atoms with Crippen molar-refractivity contribution in [3.8, 4) is 5.75 Å². The minimum Gasteiger partial charge on any atom is -0.497 e. The molecule has 6 nitrogen and oxygen atoms in total. The zero-order valence-corrected chi connectivity index (χ0v) is 16.0. The maximum atomic E-state index is 12.9. The molecule has 27 heavy (non-hydrogen) atoms. The highest BCUT2D eigenvalue weighted by atomic mass is 16.5. The molecule has 0 aromatic heterocycles. The van der Waals surface area contributed by atoms with Gasteiger partial charge in [-0.3, -0.25) is 9.59 Å². The Hall–Kier alpha value is -2.86. The Morgan fingerprint density at radius 2 is 1.70 bits per heavy atom. The maximum Gasteiger partial charge on any atom is 0.247 e. The molecule has 144 valence electrons. The first kappa shape index (κ1) is 20.5. The molecule has 0 aliphatic carbocycles. The van der Waals surface area contributed by atoms with Crippen molar-refractivity contribution in [2.45, 2.75) is 19.5 Å². The first-order valence-corrected chi connectivity index (χ1v) is 8.78. The number of hydrogen-bond acceptors (Lipinski definition) is 4. The van der Waals surface area contributed by atoms with E-state index < -0.39 is 6.04 Å². The molecule has 0 bridgehead atoms. The second kappa shape index (κ2) is 10.3. The van der Waals surface area contributed by atoms with E-state index in [1.165, 1.54) is 6.92 Å². The van der Waals surface area contributed by atoms with E-state index in [1.54, 1.807) is 19.1 Å². The van der Waals surface area contributed by atoms with E-state index in [4.69, 9.17) is 9.47 Å².